The maximum Gasteiger partial charge on any atom is 0.410 e. The molecule has 0 aliphatic heterocycles. The van der Waals surface area contributed by atoms with Crippen LogP contribution in [0.15, 0.2) is 0 Å². The van der Waals surface area contributed by atoms with E-state index < -0.39 is 0 Å². The molecule has 0 aromatic heterocycles. The number of carbonyl (C=O) groups excluding carboxylic acids is 1. The van der Waals surface area contributed by atoms with E-state index in [0.717, 1.165) is 30.8 Å². The SMILES string of the molecule is CCCCCC[NH+](CCCCCC)C(=O)Cl.[Cl-]. The van der Waals surface area contributed by atoms with E-state index in [4.69, 9.17) is 11.6 Å². The third kappa shape index (κ3) is 12.5. The van der Waals surface area contributed by atoms with Gasteiger partial charge >= 0.3 is 5.37 Å². The lowest BCUT2D eigenvalue weighted by atomic mass is 10.2. The Hall–Kier alpha value is 0.210. The first kappa shape index (κ1) is 19.5. The van der Waals surface area contributed by atoms with Crippen molar-refractivity contribution in [3.05, 3.63) is 0 Å². The minimum atomic E-state index is -0.201. The molecule has 0 bridgehead atoms. The summed E-state index contributed by atoms with van der Waals surface area (Å²) in [5, 5.41) is -0.201. The molecule has 0 fully saturated rings. The van der Waals surface area contributed by atoms with Crippen molar-refractivity contribution in [3.8, 4) is 0 Å². The Kier molecular flexibility index (Phi) is 16.4. The lowest BCUT2D eigenvalue weighted by Gasteiger charge is -2.13. The zero-order valence-corrected chi connectivity index (χ0v) is 12.7. The molecule has 0 saturated carbocycles. The molecule has 1 N–H and O–H groups in total. The molecule has 0 radical (unpaired) electrons. The third-order valence-electron chi connectivity index (χ3n) is 2.94. The van der Waals surface area contributed by atoms with E-state index in [0.29, 0.717) is 0 Å². The van der Waals surface area contributed by atoms with Crippen LogP contribution < -0.4 is 17.3 Å². The molecule has 4 heteroatoms. The molecular formula is C13H27Cl2NO. The summed E-state index contributed by atoms with van der Waals surface area (Å²) in [5.74, 6) is 0. The van der Waals surface area contributed by atoms with Crippen molar-refractivity contribution in [2.24, 2.45) is 0 Å². The monoisotopic (exact) mass is 283 g/mol. The van der Waals surface area contributed by atoms with Gasteiger partial charge in [0.2, 0.25) is 0 Å². The summed E-state index contributed by atoms with van der Waals surface area (Å²) < 4.78 is 0. The zero-order valence-electron chi connectivity index (χ0n) is 11.2. The van der Waals surface area contributed by atoms with Gasteiger partial charge in [-0.15, -0.1) is 0 Å². The molecule has 0 atom stereocenters. The maximum atomic E-state index is 11.2. The van der Waals surface area contributed by atoms with Gasteiger partial charge in [-0.3, -0.25) is 4.90 Å². The minimum Gasteiger partial charge on any atom is -1.00 e. The normalized spacial score (nSPS) is 10.4. The molecule has 0 saturated heterocycles. The largest absolute Gasteiger partial charge is 1.00 e. The number of hydrogen-bond donors (Lipinski definition) is 1. The second-order valence-electron chi connectivity index (χ2n) is 4.50. The molecule has 1 amide bonds. The summed E-state index contributed by atoms with van der Waals surface area (Å²) >= 11 is 5.59. The predicted molar refractivity (Wildman–Crippen MR) is 70.2 cm³/mol. The Balaban J connectivity index is 0. The quantitative estimate of drug-likeness (QED) is 0.350. The predicted octanol–water partition coefficient (Wildman–Crippen LogP) is 0.395. The Bertz CT molecular complexity index is 165. The Labute approximate surface area is 117 Å². The van der Waals surface area contributed by atoms with Gasteiger partial charge in [0.15, 0.2) is 0 Å². The van der Waals surface area contributed by atoms with Gasteiger partial charge in [0, 0.05) is 11.6 Å². The van der Waals surface area contributed by atoms with Gasteiger partial charge in [0.25, 0.3) is 0 Å². The zero-order chi connectivity index (χ0) is 12.2. The average molecular weight is 284 g/mol. The van der Waals surface area contributed by atoms with Crippen LogP contribution in [0.1, 0.15) is 65.2 Å². The molecule has 0 rings (SSSR count). The van der Waals surface area contributed by atoms with Crippen molar-refractivity contribution in [3.63, 3.8) is 0 Å². The van der Waals surface area contributed by atoms with Crippen LogP contribution in [-0.4, -0.2) is 18.5 Å². The molecule has 17 heavy (non-hydrogen) atoms. The molecule has 0 heterocycles. The van der Waals surface area contributed by atoms with Crippen molar-refractivity contribution in [1.29, 1.82) is 0 Å². The summed E-state index contributed by atoms with van der Waals surface area (Å²) in [5.41, 5.74) is 0. The van der Waals surface area contributed by atoms with E-state index in [2.05, 4.69) is 13.8 Å². The summed E-state index contributed by atoms with van der Waals surface area (Å²) in [6.45, 7) is 6.22. The fourth-order valence-corrected chi connectivity index (χ4v) is 2.04. The highest BCUT2D eigenvalue weighted by molar-refractivity contribution is 6.60. The second-order valence-corrected chi connectivity index (χ2v) is 4.84. The molecule has 0 aromatic carbocycles. The fourth-order valence-electron chi connectivity index (χ4n) is 1.85. The average Bonchev–Trinajstić information content (AvgIpc) is 2.26. The summed E-state index contributed by atoms with van der Waals surface area (Å²) in [7, 11) is 0. The Morgan fingerprint density at radius 3 is 1.59 bits per heavy atom. The lowest BCUT2D eigenvalue weighted by Crippen LogP contribution is -3.13. The topological polar surface area (TPSA) is 21.5 Å². The summed E-state index contributed by atoms with van der Waals surface area (Å²) in [6.07, 6.45) is 9.68. The van der Waals surface area contributed by atoms with Gasteiger partial charge in [-0.05, 0) is 25.7 Å². The van der Waals surface area contributed by atoms with Crippen LogP contribution in [0.3, 0.4) is 0 Å². The Morgan fingerprint density at radius 1 is 0.882 bits per heavy atom. The van der Waals surface area contributed by atoms with Gasteiger partial charge in [-0.2, -0.15) is 0 Å². The molecule has 0 spiro atoms. The molecule has 0 aliphatic carbocycles. The van der Waals surface area contributed by atoms with E-state index in [-0.39, 0.29) is 17.8 Å². The number of halogens is 2. The Morgan fingerprint density at radius 2 is 1.29 bits per heavy atom. The van der Waals surface area contributed by atoms with Crippen molar-refractivity contribution < 1.29 is 22.1 Å². The fraction of sp³-hybridized carbons (Fsp3) is 0.923. The highest BCUT2D eigenvalue weighted by atomic mass is 35.5. The number of amides is 1. The van der Waals surface area contributed by atoms with E-state index in [9.17, 15) is 4.79 Å². The van der Waals surface area contributed by atoms with Crippen LogP contribution in [0.2, 0.25) is 0 Å². The van der Waals surface area contributed by atoms with Gasteiger partial charge in [-0.1, -0.05) is 39.5 Å². The van der Waals surface area contributed by atoms with E-state index >= 15 is 0 Å². The van der Waals surface area contributed by atoms with Gasteiger partial charge in [0.05, 0.1) is 13.1 Å². The van der Waals surface area contributed by atoms with Crippen molar-refractivity contribution in [2.75, 3.05) is 13.1 Å². The lowest BCUT2D eigenvalue weighted by molar-refractivity contribution is -0.810. The number of hydrogen-bond acceptors (Lipinski definition) is 1. The molecule has 2 nitrogen and oxygen atoms in total. The van der Waals surface area contributed by atoms with Crippen LogP contribution in [0.25, 0.3) is 0 Å². The number of nitrogens with one attached hydrogen (secondary N) is 1. The van der Waals surface area contributed by atoms with Gasteiger partial charge in [-0.25, -0.2) is 4.79 Å². The van der Waals surface area contributed by atoms with Crippen LogP contribution in [0.5, 0.6) is 0 Å². The summed E-state index contributed by atoms with van der Waals surface area (Å²) in [6, 6.07) is 0. The second kappa shape index (κ2) is 14.3. The smallest absolute Gasteiger partial charge is 0.410 e. The number of carbonyl (C=O) groups is 1. The van der Waals surface area contributed by atoms with Gasteiger partial charge in [0.1, 0.15) is 0 Å². The summed E-state index contributed by atoms with van der Waals surface area (Å²) in [4.78, 5) is 12.2. The molecular weight excluding hydrogens is 257 g/mol. The van der Waals surface area contributed by atoms with Crippen molar-refractivity contribution in [2.45, 2.75) is 65.2 Å². The van der Waals surface area contributed by atoms with E-state index in [1.807, 2.05) is 0 Å². The van der Waals surface area contributed by atoms with Crippen LogP contribution in [0.4, 0.5) is 4.79 Å². The first-order chi connectivity index (χ1) is 7.72. The molecule has 0 aromatic rings. The number of rotatable bonds is 10. The van der Waals surface area contributed by atoms with Crippen molar-refractivity contribution in [1.82, 2.24) is 0 Å². The molecule has 0 unspecified atom stereocenters. The minimum absolute atomic E-state index is 0. The standard InChI is InChI=1S/C13H26ClNO.ClH/c1-3-5-7-9-11-15(13(14)16)12-10-8-6-4-2;/h3-12H2,1-2H3;1H. The van der Waals surface area contributed by atoms with E-state index in [1.165, 1.54) is 38.5 Å². The van der Waals surface area contributed by atoms with Crippen LogP contribution in [0, 0.1) is 0 Å². The van der Waals surface area contributed by atoms with Crippen LogP contribution >= 0.6 is 11.6 Å². The first-order valence-corrected chi connectivity index (χ1v) is 7.14. The van der Waals surface area contributed by atoms with Gasteiger partial charge < -0.3 is 12.4 Å². The maximum absolute atomic E-state index is 11.2. The van der Waals surface area contributed by atoms with E-state index in [1.54, 1.807) is 0 Å². The highest BCUT2D eigenvalue weighted by Gasteiger charge is 2.15. The molecule has 0 aliphatic rings. The van der Waals surface area contributed by atoms with Crippen LogP contribution in [-0.2, 0) is 0 Å². The number of unbranched alkanes of at least 4 members (excludes halogenated alkanes) is 6. The third-order valence-corrected chi connectivity index (χ3v) is 3.21. The highest BCUT2D eigenvalue weighted by Crippen LogP contribution is 1.98. The number of quaternary nitrogens is 1. The first-order valence-electron chi connectivity index (χ1n) is 6.76. The molecule has 104 valence electrons. The van der Waals surface area contributed by atoms with Crippen molar-refractivity contribution >= 4 is 17.0 Å².